The number of likely N-dealkylation sites (N-methyl/N-ethyl adjacent to an activating group) is 1. The van der Waals surface area contributed by atoms with Crippen LogP contribution in [0, 0.1) is 0 Å². The molecule has 0 aromatic heterocycles. The number of carbonyl (C=O) groups excluding carboxylic acids is 1. The van der Waals surface area contributed by atoms with E-state index in [0.717, 1.165) is 10.0 Å². The Hall–Kier alpha value is -0.870. The molecule has 0 amide bonds. The first-order valence-corrected chi connectivity index (χ1v) is 5.83. The smallest absolute Gasteiger partial charge is 0.326 e. The molecule has 4 heteroatoms. The van der Waals surface area contributed by atoms with E-state index < -0.39 is 5.54 Å². The van der Waals surface area contributed by atoms with Gasteiger partial charge in [0.15, 0.2) is 0 Å². The van der Waals surface area contributed by atoms with E-state index in [1.54, 1.807) is 7.05 Å². The molecule has 0 heterocycles. The first-order valence-electron chi connectivity index (χ1n) is 5.03. The van der Waals surface area contributed by atoms with Gasteiger partial charge >= 0.3 is 5.97 Å². The van der Waals surface area contributed by atoms with E-state index in [9.17, 15) is 4.79 Å². The molecule has 1 N–H and O–H groups in total. The molecule has 0 saturated heterocycles. The topological polar surface area (TPSA) is 38.3 Å². The number of nitrogens with one attached hydrogen (secondary N) is 1. The van der Waals surface area contributed by atoms with Gasteiger partial charge in [-0.15, -0.1) is 0 Å². The molecule has 0 radical (unpaired) electrons. The lowest BCUT2D eigenvalue weighted by Crippen LogP contribution is -2.50. The summed E-state index contributed by atoms with van der Waals surface area (Å²) in [6.07, 6.45) is 0.593. The quantitative estimate of drug-likeness (QED) is 0.862. The number of ether oxygens (including phenoxy) is 1. The molecule has 0 aliphatic carbocycles. The van der Waals surface area contributed by atoms with Gasteiger partial charge < -0.3 is 10.1 Å². The summed E-state index contributed by atoms with van der Waals surface area (Å²) in [5.74, 6) is -0.255. The summed E-state index contributed by atoms with van der Waals surface area (Å²) in [6, 6.07) is 7.90. The van der Waals surface area contributed by atoms with Gasteiger partial charge in [0.05, 0.1) is 7.11 Å². The van der Waals surface area contributed by atoms with Crippen molar-refractivity contribution in [3.05, 3.63) is 34.3 Å². The maximum absolute atomic E-state index is 11.7. The van der Waals surface area contributed by atoms with E-state index in [2.05, 4.69) is 21.2 Å². The number of hydrogen-bond donors (Lipinski definition) is 1. The van der Waals surface area contributed by atoms with Crippen LogP contribution < -0.4 is 5.32 Å². The van der Waals surface area contributed by atoms with E-state index in [-0.39, 0.29) is 5.97 Å². The van der Waals surface area contributed by atoms with Gasteiger partial charge in [-0.05, 0) is 31.7 Å². The second-order valence-corrected chi connectivity index (χ2v) is 4.80. The second-order valence-electron chi connectivity index (χ2n) is 3.88. The van der Waals surface area contributed by atoms with E-state index in [1.165, 1.54) is 7.11 Å². The summed E-state index contributed by atoms with van der Waals surface area (Å²) in [7, 11) is 3.16. The van der Waals surface area contributed by atoms with Crippen molar-refractivity contribution in [2.45, 2.75) is 18.9 Å². The molecule has 3 nitrogen and oxygen atoms in total. The first-order chi connectivity index (χ1) is 7.51. The molecule has 1 aromatic rings. The Labute approximate surface area is 104 Å². The van der Waals surface area contributed by atoms with Gasteiger partial charge in [-0.1, -0.05) is 28.1 Å². The van der Waals surface area contributed by atoms with Gasteiger partial charge in [0.1, 0.15) is 5.54 Å². The summed E-state index contributed by atoms with van der Waals surface area (Å²) >= 11 is 3.41. The summed E-state index contributed by atoms with van der Waals surface area (Å²) in [4.78, 5) is 11.7. The molecule has 0 fully saturated rings. The van der Waals surface area contributed by atoms with Crippen molar-refractivity contribution in [1.82, 2.24) is 5.32 Å². The van der Waals surface area contributed by atoms with Crippen molar-refractivity contribution < 1.29 is 9.53 Å². The van der Waals surface area contributed by atoms with Gasteiger partial charge in [0.25, 0.3) is 0 Å². The number of carbonyl (C=O) groups is 1. The van der Waals surface area contributed by atoms with Crippen molar-refractivity contribution in [1.29, 1.82) is 0 Å². The lowest BCUT2D eigenvalue weighted by atomic mass is 9.93. The van der Waals surface area contributed by atoms with Crippen LogP contribution in [0.2, 0.25) is 0 Å². The minimum atomic E-state index is -0.685. The maximum Gasteiger partial charge on any atom is 0.326 e. The molecule has 0 aliphatic rings. The minimum absolute atomic E-state index is 0.255. The average Bonchev–Trinajstić information content (AvgIpc) is 2.27. The maximum atomic E-state index is 11.7. The number of esters is 1. The Bertz CT molecular complexity index is 381. The number of hydrogen-bond acceptors (Lipinski definition) is 3. The van der Waals surface area contributed by atoms with Crippen LogP contribution in [-0.2, 0) is 16.0 Å². The zero-order chi connectivity index (χ0) is 12.2. The van der Waals surface area contributed by atoms with Crippen LogP contribution in [0.5, 0.6) is 0 Å². The molecule has 16 heavy (non-hydrogen) atoms. The van der Waals surface area contributed by atoms with Crippen molar-refractivity contribution in [3.8, 4) is 0 Å². The second kappa shape index (κ2) is 5.46. The fourth-order valence-corrected chi connectivity index (χ4v) is 1.99. The van der Waals surface area contributed by atoms with E-state index in [4.69, 9.17) is 4.74 Å². The lowest BCUT2D eigenvalue weighted by molar-refractivity contribution is -0.147. The molecule has 0 saturated carbocycles. The van der Waals surface area contributed by atoms with Crippen LogP contribution in [0.1, 0.15) is 12.5 Å². The highest BCUT2D eigenvalue weighted by Gasteiger charge is 2.32. The van der Waals surface area contributed by atoms with Gasteiger partial charge in [-0.3, -0.25) is 4.79 Å². The molecular formula is C12H16BrNO2. The van der Waals surface area contributed by atoms with Gasteiger partial charge in [0, 0.05) is 10.9 Å². The fraction of sp³-hybridized carbons (Fsp3) is 0.417. The lowest BCUT2D eigenvalue weighted by Gasteiger charge is -2.26. The van der Waals surface area contributed by atoms with Crippen molar-refractivity contribution in [2.75, 3.05) is 14.2 Å². The van der Waals surface area contributed by atoms with E-state index >= 15 is 0 Å². The average molecular weight is 286 g/mol. The third-order valence-electron chi connectivity index (χ3n) is 2.63. The highest BCUT2D eigenvalue weighted by molar-refractivity contribution is 9.10. The Morgan fingerprint density at radius 3 is 2.75 bits per heavy atom. The minimum Gasteiger partial charge on any atom is -0.468 e. The Kier molecular flexibility index (Phi) is 4.50. The van der Waals surface area contributed by atoms with Gasteiger partial charge in [-0.25, -0.2) is 0 Å². The molecular weight excluding hydrogens is 270 g/mol. The number of rotatable bonds is 4. The van der Waals surface area contributed by atoms with Crippen LogP contribution in [-0.4, -0.2) is 25.7 Å². The normalized spacial score (nSPS) is 14.2. The van der Waals surface area contributed by atoms with Crippen LogP contribution in [0.15, 0.2) is 28.7 Å². The van der Waals surface area contributed by atoms with Crippen LogP contribution in [0.3, 0.4) is 0 Å². The van der Waals surface area contributed by atoms with Crippen molar-refractivity contribution in [3.63, 3.8) is 0 Å². The molecule has 1 rings (SSSR count). The van der Waals surface area contributed by atoms with Crippen LogP contribution in [0.4, 0.5) is 0 Å². The van der Waals surface area contributed by atoms with Crippen molar-refractivity contribution in [2.24, 2.45) is 0 Å². The summed E-state index contributed by atoms with van der Waals surface area (Å²) < 4.78 is 5.80. The Morgan fingerprint density at radius 2 is 2.25 bits per heavy atom. The van der Waals surface area contributed by atoms with Crippen LogP contribution >= 0.6 is 15.9 Å². The first kappa shape index (κ1) is 13.2. The zero-order valence-electron chi connectivity index (χ0n) is 9.71. The number of methoxy groups -OCH3 is 1. The monoisotopic (exact) mass is 285 g/mol. The molecule has 0 spiro atoms. The molecule has 1 unspecified atom stereocenters. The number of halogens is 1. The molecule has 0 bridgehead atoms. The predicted octanol–water partition coefficient (Wildman–Crippen LogP) is 2.14. The Morgan fingerprint density at radius 1 is 1.56 bits per heavy atom. The van der Waals surface area contributed by atoms with Crippen LogP contribution in [0.25, 0.3) is 0 Å². The standard InChI is InChI=1S/C12H16BrNO2/c1-12(14-2,11(15)16-3)8-9-5-4-6-10(13)7-9/h4-7,14H,8H2,1-3H3. The summed E-state index contributed by atoms with van der Waals surface area (Å²) in [6.45, 7) is 1.83. The Balaban J connectivity index is 2.89. The summed E-state index contributed by atoms with van der Waals surface area (Å²) in [5, 5.41) is 3.01. The number of benzene rings is 1. The third kappa shape index (κ3) is 3.06. The van der Waals surface area contributed by atoms with Gasteiger partial charge in [0.2, 0.25) is 0 Å². The van der Waals surface area contributed by atoms with Crippen molar-refractivity contribution >= 4 is 21.9 Å². The summed E-state index contributed by atoms with van der Waals surface area (Å²) in [5.41, 5.74) is 0.395. The zero-order valence-corrected chi connectivity index (χ0v) is 11.3. The fourth-order valence-electron chi connectivity index (χ4n) is 1.54. The highest BCUT2D eigenvalue weighted by Crippen LogP contribution is 2.18. The third-order valence-corrected chi connectivity index (χ3v) is 3.13. The van der Waals surface area contributed by atoms with E-state index in [1.807, 2.05) is 31.2 Å². The molecule has 0 aliphatic heterocycles. The highest BCUT2D eigenvalue weighted by atomic mass is 79.9. The predicted molar refractivity (Wildman–Crippen MR) is 67.3 cm³/mol. The molecule has 1 aromatic carbocycles. The molecule has 88 valence electrons. The SMILES string of the molecule is CNC(C)(Cc1cccc(Br)c1)C(=O)OC. The molecule has 1 atom stereocenters. The van der Waals surface area contributed by atoms with Gasteiger partial charge in [-0.2, -0.15) is 0 Å². The largest absolute Gasteiger partial charge is 0.468 e. The van der Waals surface area contributed by atoms with E-state index in [0.29, 0.717) is 6.42 Å².